The summed E-state index contributed by atoms with van der Waals surface area (Å²) in [5.41, 5.74) is 2.55. The molecule has 0 aliphatic heterocycles. The molecule has 0 aromatic heterocycles. The maximum absolute atomic E-state index is 4.56. The van der Waals surface area contributed by atoms with Gasteiger partial charge in [-0.1, -0.05) is 60.7 Å². The van der Waals surface area contributed by atoms with E-state index in [9.17, 15) is 0 Å². The number of hydrogen-bond acceptors (Lipinski definition) is 0. The van der Waals surface area contributed by atoms with E-state index in [-0.39, 0.29) is 25.9 Å². The molecule has 0 aliphatic carbocycles. The van der Waals surface area contributed by atoms with Gasteiger partial charge < -0.3 is 2.85 Å². The molecule has 0 bridgehead atoms. The monoisotopic (exact) mass is 248 g/mol. The van der Waals surface area contributed by atoms with Crippen molar-refractivity contribution < 1.29 is 2.85 Å². The molecule has 0 radical (unpaired) electrons. The van der Waals surface area contributed by atoms with Gasteiger partial charge in [0.25, 0.3) is 0 Å². The normalized spacial score (nSPS) is 8.13. The summed E-state index contributed by atoms with van der Waals surface area (Å²) < 4.78 is 0. The van der Waals surface area contributed by atoms with Gasteiger partial charge in [-0.25, -0.2) is 0 Å². The molecule has 0 fully saturated rings. The van der Waals surface area contributed by atoms with E-state index >= 15 is 0 Å². The Morgan fingerprint density at radius 2 is 0.933 bits per heavy atom. The largest absolute Gasteiger partial charge is 2.00 e. The number of hydrogen-bond donors (Lipinski definition) is 0. The molecular formula is C12H14ClMgP. The second kappa shape index (κ2) is 9.17. The van der Waals surface area contributed by atoms with E-state index in [2.05, 4.69) is 59.8 Å². The van der Waals surface area contributed by atoms with Crippen LogP contribution >= 0.6 is 19.8 Å². The SMILES string of the molecule is PCl.[H-].[H-].[Mg+2].c1ccc(-c2ccccc2)cc1. The van der Waals surface area contributed by atoms with Crippen molar-refractivity contribution in [1.29, 1.82) is 0 Å². The van der Waals surface area contributed by atoms with Crippen LogP contribution in [0.3, 0.4) is 0 Å². The molecule has 2 aromatic carbocycles. The summed E-state index contributed by atoms with van der Waals surface area (Å²) in [5.74, 6) is 0. The average molecular weight is 249 g/mol. The van der Waals surface area contributed by atoms with Crippen LogP contribution in [0.2, 0.25) is 0 Å². The minimum absolute atomic E-state index is 0. The Labute approximate surface area is 117 Å². The van der Waals surface area contributed by atoms with E-state index in [1.807, 2.05) is 20.7 Å². The Morgan fingerprint density at radius 1 is 0.667 bits per heavy atom. The van der Waals surface area contributed by atoms with Gasteiger partial charge in [-0.3, -0.25) is 0 Å². The van der Waals surface area contributed by atoms with Gasteiger partial charge in [0.1, 0.15) is 0 Å². The first-order valence-electron chi connectivity index (χ1n) is 4.29. The van der Waals surface area contributed by atoms with Crippen LogP contribution in [0, 0.1) is 0 Å². The van der Waals surface area contributed by atoms with Crippen LogP contribution in [0.25, 0.3) is 11.1 Å². The molecule has 0 saturated carbocycles. The van der Waals surface area contributed by atoms with Crippen molar-refractivity contribution in [3.05, 3.63) is 60.7 Å². The van der Waals surface area contributed by atoms with Crippen LogP contribution in [0.5, 0.6) is 0 Å². The van der Waals surface area contributed by atoms with E-state index in [0.717, 1.165) is 0 Å². The molecule has 0 heterocycles. The fourth-order valence-electron chi connectivity index (χ4n) is 1.26. The molecule has 2 aromatic rings. The van der Waals surface area contributed by atoms with E-state index in [0.29, 0.717) is 0 Å². The van der Waals surface area contributed by atoms with E-state index in [1.54, 1.807) is 0 Å². The Balaban J connectivity index is -0.000000373. The third kappa shape index (κ3) is 4.99. The molecule has 1 atom stereocenters. The number of halogens is 1. The Bertz CT molecular complexity index is 322. The molecule has 3 heteroatoms. The maximum Gasteiger partial charge on any atom is 2.00 e. The second-order valence-corrected chi connectivity index (χ2v) is 2.73. The van der Waals surface area contributed by atoms with Crippen LogP contribution in [0.4, 0.5) is 0 Å². The fourth-order valence-corrected chi connectivity index (χ4v) is 1.26. The molecule has 0 saturated heterocycles. The molecule has 0 amide bonds. The van der Waals surface area contributed by atoms with E-state index < -0.39 is 0 Å². The topological polar surface area (TPSA) is 0 Å². The van der Waals surface area contributed by atoms with E-state index in [1.165, 1.54) is 11.1 Å². The summed E-state index contributed by atoms with van der Waals surface area (Å²) in [6.45, 7) is 0. The summed E-state index contributed by atoms with van der Waals surface area (Å²) in [6, 6.07) is 20.8. The van der Waals surface area contributed by atoms with Crippen molar-refractivity contribution >= 4 is 42.9 Å². The smallest absolute Gasteiger partial charge is 1.00 e. The van der Waals surface area contributed by atoms with E-state index in [4.69, 9.17) is 0 Å². The van der Waals surface area contributed by atoms with Gasteiger partial charge >= 0.3 is 23.1 Å². The van der Waals surface area contributed by atoms with Crippen molar-refractivity contribution in [2.24, 2.45) is 0 Å². The first kappa shape index (κ1) is 14.9. The Kier molecular flexibility index (Phi) is 9.13. The zero-order valence-electron chi connectivity index (χ0n) is 10.4. The van der Waals surface area contributed by atoms with Crippen LogP contribution in [0.15, 0.2) is 60.7 Å². The first-order chi connectivity index (χ1) is 6.97. The Morgan fingerprint density at radius 3 is 1.20 bits per heavy atom. The zero-order chi connectivity index (χ0) is 10.2. The van der Waals surface area contributed by atoms with Gasteiger partial charge in [-0.15, -0.1) is 11.2 Å². The molecule has 0 aliphatic rings. The van der Waals surface area contributed by atoms with Crippen LogP contribution in [-0.2, 0) is 0 Å². The Hall–Kier alpha value is -0.0738. The third-order valence-electron chi connectivity index (χ3n) is 1.88. The summed E-state index contributed by atoms with van der Waals surface area (Å²) >= 11 is 4.56. The molecule has 0 nitrogen and oxygen atoms in total. The molecule has 76 valence electrons. The van der Waals surface area contributed by atoms with Crippen LogP contribution in [-0.4, -0.2) is 23.1 Å². The van der Waals surface area contributed by atoms with Crippen LogP contribution < -0.4 is 0 Å². The summed E-state index contributed by atoms with van der Waals surface area (Å²) in [4.78, 5) is 0. The van der Waals surface area contributed by atoms with Gasteiger partial charge in [-0.05, 0) is 19.7 Å². The minimum atomic E-state index is 0. The first-order valence-corrected chi connectivity index (χ1v) is 6.04. The van der Waals surface area contributed by atoms with Crippen molar-refractivity contribution in [3.8, 4) is 11.1 Å². The van der Waals surface area contributed by atoms with Crippen molar-refractivity contribution in [3.63, 3.8) is 0 Å². The van der Waals surface area contributed by atoms with Gasteiger partial charge in [0.05, 0.1) is 0 Å². The van der Waals surface area contributed by atoms with Gasteiger partial charge in [0.15, 0.2) is 0 Å². The zero-order valence-corrected chi connectivity index (χ0v) is 11.8. The van der Waals surface area contributed by atoms with Crippen molar-refractivity contribution in [2.45, 2.75) is 0 Å². The molecule has 15 heavy (non-hydrogen) atoms. The molecule has 0 spiro atoms. The summed E-state index contributed by atoms with van der Waals surface area (Å²) in [7, 11) is 1.89. The standard InChI is InChI=1S/C12H10.ClH2P.Mg.2H/c1-3-7-11(8-4-1)12-9-5-2-6-10-12;1-2;;;/h1-10H;2H2;;;/q;;+2;2*-1. The molecular weight excluding hydrogens is 235 g/mol. The molecule has 1 unspecified atom stereocenters. The van der Waals surface area contributed by atoms with Crippen molar-refractivity contribution in [2.75, 3.05) is 0 Å². The third-order valence-corrected chi connectivity index (χ3v) is 1.88. The predicted molar refractivity (Wildman–Crippen MR) is 75.4 cm³/mol. The summed E-state index contributed by atoms with van der Waals surface area (Å²) in [6.07, 6.45) is 0. The van der Waals surface area contributed by atoms with Gasteiger partial charge in [0, 0.05) is 0 Å². The van der Waals surface area contributed by atoms with Crippen LogP contribution in [0.1, 0.15) is 2.85 Å². The van der Waals surface area contributed by atoms with Gasteiger partial charge in [-0.2, -0.15) is 0 Å². The maximum atomic E-state index is 4.56. The fraction of sp³-hybridized carbons (Fsp3) is 0. The summed E-state index contributed by atoms with van der Waals surface area (Å²) in [5, 5.41) is 0. The average Bonchev–Trinajstić information content (AvgIpc) is 2.34. The quantitative estimate of drug-likeness (QED) is 0.524. The predicted octanol–water partition coefficient (Wildman–Crippen LogP) is 4.21. The molecule has 0 N–H and O–H groups in total. The molecule has 2 rings (SSSR count). The second-order valence-electron chi connectivity index (χ2n) is 2.73. The van der Waals surface area contributed by atoms with Gasteiger partial charge in [0.2, 0.25) is 0 Å². The number of rotatable bonds is 1. The van der Waals surface area contributed by atoms with Crippen molar-refractivity contribution in [1.82, 2.24) is 0 Å². The minimum Gasteiger partial charge on any atom is -1.00 e. The number of benzene rings is 2.